The Hall–Kier alpha value is -3.39. The van der Waals surface area contributed by atoms with Gasteiger partial charge in [0.05, 0.1) is 18.2 Å². The van der Waals surface area contributed by atoms with Gasteiger partial charge < -0.3 is 25.6 Å². The van der Waals surface area contributed by atoms with Crippen molar-refractivity contribution in [3.8, 4) is 0 Å². The second kappa shape index (κ2) is 10.3. The van der Waals surface area contributed by atoms with Crippen molar-refractivity contribution < 1.29 is 14.3 Å². The molecule has 1 unspecified atom stereocenters. The van der Waals surface area contributed by atoms with E-state index in [0.29, 0.717) is 28.6 Å². The molecular formula is C24H28N4O3S. The van der Waals surface area contributed by atoms with E-state index in [1.165, 1.54) is 0 Å². The van der Waals surface area contributed by atoms with Gasteiger partial charge in [-0.25, -0.2) is 9.59 Å². The zero-order chi connectivity index (χ0) is 23.3. The lowest BCUT2D eigenvalue weighted by molar-refractivity contribution is -0.139. The monoisotopic (exact) mass is 452 g/mol. The van der Waals surface area contributed by atoms with Gasteiger partial charge in [-0.3, -0.25) is 0 Å². The minimum Gasteiger partial charge on any atom is -0.463 e. The van der Waals surface area contributed by atoms with Gasteiger partial charge in [0.2, 0.25) is 0 Å². The molecule has 0 aliphatic carbocycles. The van der Waals surface area contributed by atoms with Crippen LogP contribution >= 0.6 is 12.2 Å². The maximum Gasteiger partial charge on any atom is 0.338 e. The fraction of sp³-hybridized carbons (Fsp3) is 0.292. The van der Waals surface area contributed by atoms with Crippen molar-refractivity contribution in [2.45, 2.75) is 33.7 Å². The van der Waals surface area contributed by atoms with E-state index in [2.05, 4.69) is 16.0 Å². The molecule has 168 valence electrons. The van der Waals surface area contributed by atoms with Gasteiger partial charge in [0.25, 0.3) is 0 Å². The molecule has 0 aromatic heterocycles. The maximum absolute atomic E-state index is 12.7. The highest BCUT2D eigenvalue weighted by molar-refractivity contribution is 7.80. The number of aryl methyl sites for hydroxylation is 1. The average molecular weight is 453 g/mol. The third kappa shape index (κ3) is 5.26. The summed E-state index contributed by atoms with van der Waals surface area (Å²) in [6.07, 6.45) is 0. The molecular weight excluding hydrogens is 424 g/mol. The highest BCUT2D eigenvalue weighted by atomic mass is 32.1. The number of nitrogens with one attached hydrogen (secondary N) is 3. The van der Waals surface area contributed by atoms with Gasteiger partial charge in [-0.1, -0.05) is 29.8 Å². The van der Waals surface area contributed by atoms with Crippen LogP contribution in [0.5, 0.6) is 0 Å². The van der Waals surface area contributed by atoms with Gasteiger partial charge in [-0.05, 0) is 69.7 Å². The van der Waals surface area contributed by atoms with Crippen molar-refractivity contribution in [2.24, 2.45) is 0 Å². The Bertz CT molecular complexity index is 1030. The standard InChI is InChI=1S/C24H28N4O3S/c1-5-28-16(4)20(22(29)31-6-2)21(27-24(28)32)17-9-13-19(14-10-17)26-23(30)25-18-11-7-15(3)8-12-18/h7-14,21H,5-6H2,1-4H3,(H,27,32)(H2,25,26,30). The first-order valence-corrected chi connectivity index (χ1v) is 10.9. The van der Waals surface area contributed by atoms with Crippen molar-refractivity contribution in [2.75, 3.05) is 23.8 Å². The van der Waals surface area contributed by atoms with E-state index in [0.717, 1.165) is 16.8 Å². The average Bonchev–Trinajstić information content (AvgIpc) is 2.76. The minimum atomic E-state index is -0.431. The minimum absolute atomic E-state index is 0.290. The van der Waals surface area contributed by atoms with Crippen LogP contribution in [-0.2, 0) is 9.53 Å². The molecule has 2 amide bonds. The van der Waals surface area contributed by atoms with Gasteiger partial charge in [0.1, 0.15) is 0 Å². The molecule has 32 heavy (non-hydrogen) atoms. The Labute approximate surface area is 193 Å². The summed E-state index contributed by atoms with van der Waals surface area (Å²) in [6.45, 7) is 8.56. The number of ether oxygens (including phenoxy) is 1. The third-order valence-corrected chi connectivity index (χ3v) is 5.56. The first-order chi connectivity index (χ1) is 15.3. The normalized spacial score (nSPS) is 15.8. The first-order valence-electron chi connectivity index (χ1n) is 10.5. The zero-order valence-electron chi connectivity index (χ0n) is 18.7. The molecule has 0 saturated carbocycles. The summed E-state index contributed by atoms with van der Waals surface area (Å²) >= 11 is 5.50. The van der Waals surface area contributed by atoms with Crippen molar-refractivity contribution in [1.82, 2.24) is 10.2 Å². The number of esters is 1. The quantitative estimate of drug-likeness (QED) is 0.434. The predicted octanol–water partition coefficient (Wildman–Crippen LogP) is 4.73. The number of amides is 2. The second-order valence-corrected chi connectivity index (χ2v) is 7.80. The van der Waals surface area contributed by atoms with Gasteiger partial charge >= 0.3 is 12.0 Å². The maximum atomic E-state index is 12.7. The Morgan fingerprint density at radius 2 is 1.56 bits per heavy atom. The topological polar surface area (TPSA) is 82.7 Å². The molecule has 0 fully saturated rings. The number of rotatable bonds is 6. The van der Waals surface area contributed by atoms with Gasteiger partial charge in [0.15, 0.2) is 5.11 Å². The van der Waals surface area contributed by atoms with Crippen LogP contribution in [0, 0.1) is 6.92 Å². The summed E-state index contributed by atoms with van der Waals surface area (Å²) < 4.78 is 5.30. The van der Waals surface area contributed by atoms with E-state index in [-0.39, 0.29) is 18.6 Å². The Morgan fingerprint density at radius 3 is 2.09 bits per heavy atom. The molecule has 1 heterocycles. The second-order valence-electron chi connectivity index (χ2n) is 7.41. The fourth-order valence-electron chi connectivity index (χ4n) is 3.57. The predicted molar refractivity (Wildman–Crippen MR) is 130 cm³/mol. The Morgan fingerprint density at radius 1 is 1.00 bits per heavy atom. The lowest BCUT2D eigenvalue weighted by Crippen LogP contribution is -2.47. The molecule has 7 nitrogen and oxygen atoms in total. The zero-order valence-corrected chi connectivity index (χ0v) is 19.5. The summed E-state index contributed by atoms with van der Waals surface area (Å²) in [7, 11) is 0. The number of benzene rings is 2. The highest BCUT2D eigenvalue weighted by Gasteiger charge is 2.34. The van der Waals surface area contributed by atoms with Gasteiger partial charge in [-0.15, -0.1) is 0 Å². The summed E-state index contributed by atoms with van der Waals surface area (Å²) in [5, 5.41) is 9.42. The summed E-state index contributed by atoms with van der Waals surface area (Å²) in [5.41, 5.74) is 4.61. The highest BCUT2D eigenvalue weighted by Crippen LogP contribution is 2.32. The van der Waals surface area contributed by atoms with E-state index in [4.69, 9.17) is 17.0 Å². The SMILES string of the molecule is CCOC(=O)C1=C(C)N(CC)C(=S)NC1c1ccc(NC(=O)Nc2ccc(C)cc2)cc1. The number of anilines is 2. The number of urea groups is 1. The van der Waals surface area contributed by atoms with Crippen molar-refractivity contribution in [3.05, 3.63) is 70.9 Å². The lowest BCUT2D eigenvalue weighted by Gasteiger charge is -2.37. The number of thiocarbonyl (C=S) groups is 1. The van der Waals surface area contributed by atoms with Crippen molar-refractivity contribution in [1.29, 1.82) is 0 Å². The summed E-state index contributed by atoms with van der Waals surface area (Å²) in [6, 6.07) is 14.1. The molecule has 1 aliphatic heterocycles. The smallest absolute Gasteiger partial charge is 0.338 e. The van der Waals surface area contributed by atoms with E-state index in [1.807, 2.05) is 62.1 Å². The van der Waals surface area contributed by atoms with E-state index >= 15 is 0 Å². The third-order valence-electron chi connectivity index (χ3n) is 5.22. The molecule has 0 saturated heterocycles. The molecule has 8 heteroatoms. The molecule has 0 spiro atoms. The molecule has 1 atom stereocenters. The number of carbonyl (C=O) groups is 2. The van der Waals surface area contributed by atoms with E-state index in [1.54, 1.807) is 19.1 Å². The van der Waals surface area contributed by atoms with E-state index < -0.39 is 6.04 Å². The number of hydrogen-bond donors (Lipinski definition) is 3. The number of hydrogen-bond acceptors (Lipinski definition) is 4. The van der Waals surface area contributed by atoms with E-state index in [9.17, 15) is 9.59 Å². The first kappa shape index (κ1) is 23.3. The largest absolute Gasteiger partial charge is 0.463 e. The Kier molecular flexibility index (Phi) is 7.48. The summed E-state index contributed by atoms with van der Waals surface area (Å²) in [5.74, 6) is -0.372. The molecule has 3 rings (SSSR count). The molecule has 0 radical (unpaired) electrons. The fourth-order valence-corrected chi connectivity index (χ4v) is 3.96. The molecule has 2 aromatic rings. The lowest BCUT2D eigenvalue weighted by atomic mass is 9.95. The van der Waals surface area contributed by atoms with Crippen molar-refractivity contribution in [3.63, 3.8) is 0 Å². The van der Waals surface area contributed by atoms with Crippen LogP contribution < -0.4 is 16.0 Å². The molecule has 3 N–H and O–H groups in total. The van der Waals surface area contributed by atoms with Gasteiger partial charge in [0, 0.05) is 23.6 Å². The van der Waals surface area contributed by atoms with Crippen LogP contribution in [0.2, 0.25) is 0 Å². The van der Waals surface area contributed by atoms with Crippen LogP contribution in [0.1, 0.15) is 37.9 Å². The van der Waals surface area contributed by atoms with Gasteiger partial charge in [-0.2, -0.15) is 0 Å². The number of carbonyl (C=O) groups excluding carboxylic acids is 2. The Balaban J connectivity index is 1.78. The number of allylic oxidation sites excluding steroid dienone is 1. The molecule has 0 bridgehead atoms. The van der Waals surface area contributed by atoms with Crippen LogP contribution in [0.25, 0.3) is 0 Å². The van der Waals surface area contributed by atoms with Crippen LogP contribution in [0.4, 0.5) is 16.2 Å². The van der Waals surface area contributed by atoms with Crippen LogP contribution in [0.3, 0.4) is 0 Å². The molecule has 1 aliphatic rings. The summed E-state index contributed by atoms with van der Waals surface area (Å²) in [4.78, 5) is 26.9. The number of nitrogens with zero attached hydrogens (tertiary/aromatic N) is 1. The van der Waals surface area contributed by atoms with Crippen LogP contribution in [-0.4, -0.2) is 35.2 Å². The molecule has 2 aromatic carbocycles. The van der Waals surface area contributed by atoms with Crippen molar-refractivity contribution >= 4 is 40.7 Å². The van der Waals surface area contributed by atoms with Crippen LogP contribution in [0.15, 0.2) is 59.8 Å².